The van der Waals surface area contributed by atoms with Gasteiger partial charge in [-0.25, -0.2) is 13.6 Å². The van der Waals surface area contributed by atoms with E-state index in [1.54, 1.807) is 20.8 Å². The van der Waals surface area contributed by atoms with Crippen LogP contribution >= 0.6 is 0 Å². The molecule has 29 heavy (non-hydrogen) atoms. The number of rotatable bonds is 8. The van der Waals surface area contributed by atoms with E-state index < -0.39 is 35.5 Å². The molecule has 2 N–H and O–H groups in total. The maximum absolute atomic E-state index is 13.2. The van der Waals surface area contributed by atoms with Crippen LogP contribution in [-0.4, -0.2) is 35.6 Å². The molecule has 0 saturated carbocycles. The molecule has 0 aliphatic heterocycles. The number of halogens is 2. The Labute approximate surface area is 173 Å². The van der Waals surface area contributed by atoms with Gasteiger partial charge in [0.05, 0.1) is 12.1 Å². The zero-order valence-electron chi connectivity index (χ0n) is 18.7. The number of hydrogen-bond acceptors (Lipinski definition) is 4. The summed E-state index contributed by atoms with van der Waals surface area (Å²) in [5, 5.41) is 12.8. The molecule has 1 rings (SSSR count). The number of benzene rings is 1. The standard InChI is InChI=1S/C18H27F2NO4.C4H10/c1-5-6-7-16(22)15(21-17(23)25-18(2,3)4)11-24-14-9-12(19)8-13(20)10-14;1-4(2)3/h8-10,15-16,22H,5-7,11H2,1-4H3,(H,21,23);4H,1-3H3/t15-,16?;/m0./s1. The normalized spacial score (nSPS) is 13.2. The van der Waals surface area contributed by atoms with Crippen LogP contribution in [0, 0.1) is 17.6 Å². The highest BCUT2D eigenvalue weighted by molar-refractivity contribution is 5.68. The van der Waals surface area contributed by atoms with Gasteiger partial charge in [-0.05, 0) is 33.1 Å². The summed E-state index contributed by atoms with van der Waals surface area (Å²) in [5.41, 5.74) is -0.685. The quantitative estimate of drug-likeness (QED) is 0.590. The first kappa shape index (κ1) is 27.1. The lowest BCUT2D eigenvalue weighted by molar-refractivity contribution is 0.0352. The van der Waals surface area contributed by atoms with Gasteiger partial charge in [-0.3, -0.25) is 0 Å². The van der Waals surface area contributed by atoms with Crippen molar-refractivity contribution < 1.29 is 28.2 Å². The fraction of sp³-hybridized carbons (Fsp3) is 0.682. The van der Waals surface area contributed by atoms with E-state index in [1.165, 1.54) is 0 Å². The molecule has 0 saturated heterocycles. The van der Waals surface area contributed by atoms with Crippen LogP contribution in [0.15, 0.2) is 18.2 Å². The summed E-state index contributed by atoms with van der Waals surface area (Å²) in [5.74, 6) is -0.715. The van der Waals surface area contributed by atoms with Crippen LogP contribution < -0.4 is 10.1 Å². The maximum atomic E-state index is 13.2. The Hall–Kier alpha value is -1.89. The molecule has 0 aromatic heterocycles. The molecule has 1 aromatic rings. The van der Waals surface area contributed by atoms with E-state index >= 15 is 0 Å². The molecule has 1 unspecified atom stereocenters. The number of unbranched alkanes of at least 4 members (excludes halogenated alkanes) is 1. The summed E-state index contributed by atoms with van der Waals surface area (Å²) < 4.78 is 37.0. The number of carbonyl (C=O) groups is 1. The van der Waals surface area contributed by atoms with Crippen molar-refractivity contribution in [3.8, 4) is 5.75 Å². The maximum Gasteiger partial charge on any atom is 0.408 e. The van der Waals surface area contributed by atoms with Crippen molar-refractivity contribution in [3.63, 3.8) is 0 Å². The highest BCUT2D eigenvalue weighted by atomic mass is 19.1. The first-order valence-electron chi connectivity index (χ1n) is 10.1. The van der Waals surface area contributed by atoms with Crippen LogP contribution in [0.4, 0.5) is 13.6 Å². The second-order valence-electron chi connectivity index (χ2n) is 8.61. The number of aliphatic hydroxyl groups excluding tert-OH is 1. The summed E-state index contributed by atoms with van der Waals surface area (Å²) in [6.07, 6.45) is 0.541. The van der Waals surface area contributed by atoms with E-state index in [9.17, 15) is 18.7 Å². The minimum Gasteiger partial charge on any atom is -0.491 e. The van der Waals surface area contributed by atoms with Crippen molar-refractivity contribution in [2.24, 2.45) is 5.92 Å². The molecule has 1 amide bonds. The average Bonchev–Trinajstić information content (AvgIpc) is 2.53. The molecule has 0 bridgehead atoms. The van der Waals surface area contributed by atoms with Crippen molar-refractivity contribution in [2.75, 3.05) is 6.61 Å². The van der Waals surface area contributed by atoms with E-state index in [2.05, 4.69) is 26.1 Å². The highest BCUT2D eigenvalue weighted by Crippen LogP contribution is 2.17. The molecule has 2 atom stereocenters. The van der Waals surface area contributed by atoms with E-state index in [0.717, 1.165) is 37.0 Å². The number of carbonyl (C=O) groups excluding carboxylic acids is 1. The SMILES string of the molecule is CC(C)C.CCCCC(O)[C@H](COc1cc(F)cc(F)c1)NC(=O)OC(C)(C)C. The molecule has 0 spiro atoms. The molecule has 0 aliphatic rings. The average molecular weight is 418 g/mol. The molecule has 0 heterocycles. The largest absolute Gasteiger partial charge is 0.491 e. The third-order valence-electron chi connectivity index (χ3n) is 3.29. The number of ether oxygens (including phenoxy) is 2. The van der Waals surface area contributed by atoms with Crippen molar-refractivity contribution in [3.05, 3.63) is 29.8 Å². The monoisotopic (exact) mass is 417 g/mol. The smallest absolute Gasteiger partial charge is 0.408 e. The Kier molecular flexibility index (Phi) is 12.5. The molecule has 1 aromatic carbocycles. The number of nitrogens with one attached hydrogen (secondary N) is 1. The highest BCUT2D eigenvalue weighted by Gasteiger charge is 2.25. The molecular weight excluding hydrogens is 380 g/mol. The van der Waals surface area contributed by atoms with Gasteiger partial charge in [-0.15, -0.1) is 0 Å². The minimum absolute atomic E-state index is 0.0174. The second-order valence-corrected chi connectivity index (χ2v) is 8.61. The van der Waals surface area contributed by atoms with Gasteiger partial charge in [0.25, 0.3) is 0 Å². The Morgan fingerprint density at radius 2 is 1.66 bits per heavy atom. The van der Waals surface area contributed by atoms with Gasteiger partial charge < -0.3 is 19.9 Å². The number of hydrogen-bond donors (Lipinski definition) is 2. The molecule has 7 heteroatoms. The Balaban J connectivity index is 0.00000178. The lowest BCUT2D eigenvalue weighted by Gasteiger charge is -2.26. The minimum atomic E-state index is -0.870. The van der Waals surface area contributed by atoms with Gasteiger partial charge in [-0.1, -0.05) is 40.5 Å². The Morgan fingerprint density at radius 1 is 1.14 bits per heavy atom. The molecule has 5 nitrogen and oxygen atoms in total. The summed E-state index contributed by atoms with van der Waals surface area (Å²) in [6.45, 7) is 13.5. The summed E-state index contributed by atoms with van der Waals surface area (Å²) in [4.78, 5) is 11.9. The van der Waals surface area contributed by atoms with Gasteiger partial charge in [0.1, 0.15) is 29.6 Å². The van der Waals surface area contributed by atoms with E-state index in [4.69, 9.17) is 9.47 Å². The number of alkyl carbamates (subject to hydrolysis) is 1. The predicted molar refractivity (Wildman–Crippen MR) is 111 cm³/mol. The summed E-state index contributed by atoms with van der Waals surface area (Å²) >= 11 is 0. The molecule has 0 fully saturated rings. The molecule has 0 radical (unpaired) electrons. The molecule has 0 aliphatic carbocycles. The van der Waals surface area contributed by atoms with Gasteiger partial charge in [0.15, 0.2) is 0 Å². The third kappa shape index (κ3) is 14.7. The van der Waals surface area contributed by atoms with Crippen LogP contribution in [0.5, 0.6) is 5.75 Å². The van der Waals surface area contributed by atoms with Gasteiger partial charge in [-0.2, -0.15) is 0 Å². The number of aliphatic hydroxyl groups is 1. The summed E-state index contributed by atoms with van der Waals surface area (Å²) in [7, 11) is 0. The van der Waals surface area contributed by atoms with Crippen molar-refractivity contribution in [2.45, 2.75) is 85.5 Å². The molecule has 168 valence electrons. The van der Waals surface area contributed by atoms with Gasteiger partial charge in [0, 0.05) is 18.2 Å². The second kappa shape index (κ2) is 13.4. The van der Waals surface area contributed by atoms with Crippen molar-refractivity contribution in [1.29, 1.82) is 0 Å². The zero-order chi connectivity index (χ0) is 22.6. The van der Waals surface area contributed by atoms with Crippen molar-refractivity contribution in [1.82, 2.24) is 5.32 Å². The Bertz CT molecular complexity index is 580. The van der Waals surface area contributed by atoms with E-state index in [0.29, 0.717) is 6.42 Å². The zero-order valence-corrected chi connectivity index (χ0v) is 18.7. The topological polar surface area (TPSA) is 67.8 Å². The first-order valence-corrected chi connectivity index (χ1v) is 10.1. The van der Waals surface area contributed by atoms with E-state index in [1.807, 2.05) is 6.92 Å². The fourth-order valence-corrected chi connectivity index (χ4v) is 2.12. The van der Waals surface area contributed by atoms with E-state index in [-0.39, 0.29) is 12.4 Å². The predicted octanol–water partition coefficient (Wildman–Crippen LogP) is 5.45. The lowest BCUT2D eigenvalue weighted by atomic mass is 10.1. The van der Waals surface area contributed by atoms with Crippen LogP contribution in [0.25, 0.3) is 0 Å². The fourth-order valence-electron chi connectivity index (χ4n) is 2.12. The van der Waals surface area contributed by atoms with Crippen LogP contribution in [0.3, 0.4) is 0 Å². The Morgan fingerprint density at radius 3 is 2.10 bits per heavy atom. The lowest BCUT2D eigenvalue weighted by Crippen LogP contribution is -2.48. The summed E-state index contributed by atoms with van der Waals surface area (Å²) in [6, 6.07) is 2.03. The number of amides is 1. The van der Waals surface area contributed by atoms with Crippen molar-refractivity contribution >= 4 is 6.09 Å². The third-order valence-corrected chi connectivity index (χ3v) is 3.29. The first-order chi connectivity index (χ1) is 13.3. The molecular formula is C22H37F2NO4. The van der Waals surface area contributed by atoms with Crippen LogP contribution in [-0.2, 0) is 4.74 Å². The van der Waals surface area contributed by atoms with Crippen LogP contribution in [0.2, 0.25) is 0 Å². The van der Waals surface area contributed by atoms with Gasteiger partial charge in [0.2, 0.25) is 0 Å². The van der Waals surface area contributed by atoms with Crippen LogP contribution in [0.1, 0.15) is 67.7 Å². The van der Waals surface area contributed by atoms with Gasteiger partial charge >= 0.3 is 6.09 Å².